The summed E-state index contributed by atoms with van der Waals surface area (Å²) in [5, 5.41) is 0. The fourth-order valence-corrected chi connectivity index (χ4v) is 5.96. The van der Waals surface area contributed by atoms with Crippen molar-refractivity contribution in [3.63, 3.8) is 0 Å². The second kappa shape index (κ2) is 6.27. The minimum absolute atomic E-state index is 0.111. The Balaban J connectivity index is 1.52. The van der Waals surface area contributed by atoms with Crippen molar-refractivity contribution in [2.24, 2.45) is 5.41 Å². The van der Waals surface area contributed by atoms with Crippen molar-refractivity contribution in [1.82, 2.24) is 19.8 Å². The normalized spacial score (nSPS) is 31.8. The van der Waals surface area contributed by atoms with Gasteiger partial charge in [-0.2, -0.15) is 0 Å². The van der Waals surface area contributed by atoms with Crippen LogP contribution in [0.25, 0.3) is 11.4 Å². The minimum Gasteiger partial charge on any atom is -0.332 e. The number of amides is 1. The number of piperidine rings is 1. The monoisotopic (exact) mass is 378 g/mol. The van der Waals surface area contributed by atoms with Crippen LogP contribution in [-0.4, -0.2) is 57.4 Å². The molecule has 2 saturated heterocycles. The van der Waals surface area contributed by atoms with Crippen LogP contribution in [-0.2, 0) is 0 Å². The predicted octanol–water partition coefficient (Wildman–Crippen LogP) is 2.52. The SMILES string of the molecule is CN1[C@@H]2CN(C(=O)c3cc(=O)[nH]c(-c4ccccc4)n3)[C@@H]3CCC[C@H]1[C@]3(C)C2. The van der Waals surface area contributed by atoms with E-state index in [1.807, 2.05) is 35.2 Å². The van der Waals surface area contributed by atoms with E-state index in [0.717, 1.165) is 31.4 Å². The van der Waals surface area contributed by atoms with Gasteiger partial charge in [0.25, 0.3) is 11.5 Å². The molecule has 28 heavy (non-hydrogen) atoms. The van der Waals surface area contributed by atoms with Gasteiger partial charge in [0.2, 0.25) is 0 Å². The Morgan fingerprint density at radius 2 is 1.96 bits per heavy atom. The summed E-state index contributed by atoms with van der Waals surface area (Å²) in [5.41, 5.74) is 0.895. The summed E-state index contributed by atoms with van der Waals surface area (Å²) < 4.78 is 0. The third kappa shape index (κ3) is 2.54. The average molecular weight is 378 g/mol. The summed E-state index contributed by atoms with van der Waals surface area (Å²) in [6, 6.07) is 12.0. The van der Waals surface area contributed by atoms with Crippen molar-refractivity contribution in [3.05, 3.63) is 52.4 Å². The van der Waals surface area contributed by atoms with Crippen molar-refractivity contribution in [2.45, 2.75) is 50.7 Å². The molecule has 3 aliphatic rings. The molecule has 6 heteroatoms. The van der Waals surface area contributed by atoms with Crippen LogP contribution in [0.1, 0.15) is 43.1 Å². The molecule has 2 aromatic rings. The van der Waals surface area contributed by atoms with Crippen LogP contribution in [0.2, 0.25) is 0 Å². The van der Waals surface area contributed by atoms with E-state index in [2.05, 4.69) is 28.8 Å². The van der Waals surface area contributed by atoms with Gasteiger partial charge in [0.05, 0.1) is 0 Å². The van der Waals surface area contributed by atoms with Gasteiger partial charge in [0.1, 0.15) is 11.5 Å². The van der Waals surface area contributed by atoms with Crippen molar-refractivity contribution < 1.29 is 4.79 Å². The van der Waals surface area contributed by atoms with Gasteiger partial charge < -0.3 is 9.88 Å². The number of hydrogen-bond acceptors (Lipinski definition) is 4. The van der Waals surface area contributed by atoms with Crippen molar-refractivity contribution >= 4 is 5.91 Å². The van der Waals surface area contributed by atoms with Crippen LogP contribution < -0.4 is 5.56 Å². The van der Waals surface area contributed by atoms with Crippen molar-refractivity contribution in [2.75, 3.05) is 13.6 Å². The van der Waals surface area contributed by atoms with Crippen molar-refractivity contribution in [1.29, 1.82) is 0 Å². The molecule has 0 radical (unpaired) electrons. The second-order valence-electron chi connectivity index (χ2n) is 8.79. The highest BCUT2D eigenvalue weighted by atomic mass is 16.2. The predicted molar refractivity (Wildman–Crippen MR) is 107 cm³/mol. The summed E-state index contributed by atoms with van der Waals surface area (Å²) in [6.45, 7) is 3.07. The second-order valence-corrected chi connectivity index (χ2v) is 8.79. The van der Waals surface area contributed by atoms with Crippen LogP contribution >= 0.6 is 0 Å². The van der Waals surface area contributed by atoms with Gasteiger partial charge in [-0.3, -0.25) is 14.5 Å². The van der Waals surface area contributed by atoms with Crippen LogP contribution in [0, 0.1) is 5.41 Å². The zero-order valence-electron chi connectivity index (χ0n) is 16.4. The van der Waals surface area contributed by atoms with Gasteiger partial charge in [0.15, 0.2) is 0 Å². The van der Waals surface area contributed by atoms with Crippen LogP contribution in [0.3, 0.4) is 0 Å². The first-order valence-corrected chi connectivity index (χ1v) is 10.2. The molecule has 5 rings (SSSR count). The number of fused-ring (bicyclic) bond motifs is 1. The highest BCUT2D eigenvalue weighted by molar-refractivity contribution is 5.93. The van der Waals surface area contributed by atoms with E-state index in [1.54, 1.807) is 0 Å². The summed E-state index contributed by atoms with van der Waals surface area (Å²) >= 11 is 0. The minimum atomic E-state index is -0.290. The molecule has 146 valence electrons. The Bertz CT molecular complexity index is 972. The lowest BCUT2D eigenvalue weighted by molar-refractivity contribution is 0.0113. The van der Waals surface area contributed by atoms with Crippen LogP contribution in [0.15, 0.2) is 41.2 Å². The van der Waals surface area contributed by atoms with Gasteiger partial charge in [0, 0.05) is 41.7 Å². The summed E-state index contributed by atoms with van der Waals surface area (Å²) in [7, 11) is 2.20. The largest absolute Gasteiger partial charge is 0.332 e. The molecule has 0 spiro atoms. The fourth-order valence-electron chi connectivity index (χ4n) is 5.96. The van der Waals surface area contributed by atoms with E-state index in [-0.39, 0.29) is 28.6 Å². The zero-order valence-corrected chi connectivity index (χ0v) is 16.4. The Hall–Kier alpha value is -2.47. The van der Waals surface area contributed by atoms with Gasteiger partial charge >= 0.3 is 0 Å². The molecule has 2 aliphatic heterocycles. The third-order valence-corrected chi connectivity index (χ3v) is 7.27. The lowest BCUT2D eigenvalue weighted by Gasteiger charge is -2.50. The first-order chi connectivity index (χ1) is 13.5. The maximum atomic E-state index is 13.5. The number of H-pyrrole nitrogens is 1. The van der Waals surface area contributed by atoms with Gasteiger partial charge in [-0.15, -0.1) is 0 Å². The molecule has 2 bridgehead atoms. The molecule has 1 aromatic heterocycles. The lowest BCUT2D eigenvalue weighted by Crippen LogP contribution is -2.57. The molecule has 1 saturated carbocycles. The Kier molecular flexibility index (Phi) is 3.95. The molecular weight excluding hydrogens is 352 g/mol. The van der Waals surface area contributed by atoms with E-state index in [1.165, 1.54) is 12.5 Å². The molecule has 1 aliphatic carbocycles. The van der Waals surface area contributed by atoms with Crippen LogP contribution in [0.4, 0.5) is 0 Å². The number of hydrogen-bond donors (Lipinski definition) is 1. The standard InChI is InChI=1S/C22H26N4O2/c1-22-12-15-13-26(18(22)10-6-9-17(22)25(15)2)21(28)16-11-19(27)24-20(23-16)14-7-4-3-5-8-14/h3-5,7-8,11,15,17-18H,6,9-10,12-13H2,1-2H3,(H,23,24,27)/t15-,17-,18+,22-/m0/s1. The molecule has 4 atom stereocenters. The third-order valence-electron chi connectivity index (χ3n) is 7.27. The smallest absolute Gasteiger partial charge is 0.273 e. The fraction of sp³-hybridized carbons (Fsp3) is 0.500. The highest BCUT2D eigenvalue weighted by Crippen LogP contribution is 2.53. The lowest BCUT2D eigenvalue weighted by atomic mass is 9.66. The van der Waals surface area contributed by atoms with E-state index in [0.29, 0.717) is 17.9 Å². The van der Waals surface area contributed by atoms with E-state index in [4.69, 9.17) is 0 Å². The molecule has 0 unspecified atom stereocenters. The van der Waals surface area contributed by atoms with E-state index < -0.39 is 0 Å². The molecule has 3 heterocycles. The summed E-state index contributed by atoms with van der Waals surface area (Å²) in [6.07, 6.45) is 4.54. The molecule has 1 aromatic carbocycles. The van der Waals surface area contributed by atoms with Crippen LogP contribution in [0.5, 0.6) is 0 Å². The number of aromatic amines is 1. The van der Waals surface area contributed by atoms with Gasteiger partial charge in [-0.05, 0) is 32.7 Å². The summed E-state index contributed by atoms with van der Waals surface area (Å²) in [5.74, 6) is 0.335. The van der Waals surface area contributed by atoms with E-state index >= 15 is 0 Å². The zero-order chi connectivity index (χ0) is 19.5. The summed E-state index contributed by atoms with van der Waals surface area (Å²) in [4.78, 5) is 37.6. The Morgan fingerprint density at radius 1 is 1.21 bits per heavy atom. The molecule has 1 N–H and O–H groups in total. The quantitative estimate of drug-likeness (QED) is 0.872. The molecule has 6 nitrogen and oxygen atoms in total. The number of likely N-dealkylation sites (tertiary alicyclic amines) is 2. The average Bonchev–Trinajstić information content (AvgIpc) is 2.96. The molecular formula is C22H26N4O2. The number of carbonyl (C=O) groups is 1. The molecule has 3 fully saturated rings. The van der Waals surface area contributed by atoms with Gasteiger partial charge in [-0.1, -0.05) is 37.3 Å². The highest BCUT2D eigenvalue weighted by Gasteiger charge is 2.59. The Labute approximate surface area is 164 Å². The number of nitrogens with zero attached hydrogens (tertiary/aromatic N) is 3. The molecule has 1 amide bonds. The topological polar surface area (TPSA) is 69.3 Å². The first-order valence-electron chi connectivity index (χ1n) is 10.2. The number of likely N-dealkylation sites (N-methyl/N-ethyl adjacent to an activating group) is 1. The van der Waals surface area contributed by atoms with E-state index in [9.17, 15) is 9.59 Å². The van der Waals surface area contributed by atoms with Gasteiger partial charge in [-0.25, -0.2) is 4.98 Å². The van der Waals surface area contributed by atoms with Crippen molar-refractivity contribution in [3.8, 4) is 11.4 Å². The number of rotatable bonds is 2. The maximum absolute atomic E-state index is 13.5. The first kappa shape index (κ1) is 17.6. The number of benzene rings is 1. The Morgan fingerprint density at radius 3 is 2.75 bits per heavy atom. The number of aromatic nitrogens is 2. The number of nitrogens with one attached hydrogen (secondary N) is 1. The maximum Gasteiger partial charge on any atom is 0.273 e. The number of carbonyl (C=O) groups excluding carboxylic acids is 1.